The molecule has 2 fully saturated rings. The Morgan fingerprint density at radius 3 is 2.85 bits per heavy atom. The first-order chi connectivity index (χ1) is 12.3. The third-order valence-corrected chi connectivity index (χ3v) is 5.87. The molecule has 0 amide bonds. The molecule has 1 atom stereocenters. The Labute approximate surface area is 178 Å². The molecule has 148 valence electrons. The second kappa shape index (κ2) is 11.4. The molecular weight excluding hydrogens is 461 g/mol. The van der Waals surface area contributed by atoms with Crippen molar-refractivity contribution in [1.29, 1.82) is 0 Å². The summed E-state index contributed by atoms with van der Waals surface area (Å²) in [4.78, 5) is 14.4. The smallest absolute Gasteiger partial charge is 0.194 e. The standard InChI is InChI=1S/C18H31N5OS.HI/c1-3-17-21-16(14-25-17)11-20-18(19-4-2)23-6-5-15(13-23)12-22-7-9-24-10-8-22;/h14-15H,3-13H2,1-2H3,(H,19,20);1H. The third kappa shape index (κ3) is 6.31. The van der Waals surface area contributed by atoms with Crippen molar-refractivity contribution in [3.05, 3.63) is 16.1 Å². The number of hydrogen-bond acceptors (Lipinski definition) is 5. The summed E-state index contributed by atoms with van der Waals surface area (Å²) in [5.74, 6) is 1.77. The van der Waals surface area contributed by atoms with E-state index in [1.165, 1.54) is 18.0 Å². The van der Waals surface area contributed by atoms with Crippen LogP contribution in [0, 0.1) is 5.92 Å². The van der Waals surface area contributed by atoms with Gasteiger partial charge in [0.2, 0.25) is 0 Å². The minimum absolute atomic E-state index is 0. The molecule has 1 unspecified atom stereocenters. The molecule has 26 heavy (non-hydrogen) atoms. The lowest BCUT2D eigenvalue weighted by Crippen LogP contribution is -2.42. The summed E-state index contributed by atoms with van der Waals surface area (Å²) in [5.41, 5.74) is 1.08. The second-order valence-electron chi connectivity index (χ2n) is 6.77. The van der Waals surface area contributed by atoms with Gasteiger partial charge in [0.25, 0.3) is 0 Å². The number of aliphatic imine (C=N–C) groups is 1. The van der Waals surface area contributed by atoms with Gasteiger partial charge in [-0.15, -0.1) is 35.3 Å². The summed E-state index contributed by atoms with van der Waals surface area (Å²) in [6, 6.07) is 0. The van der Waals surface area contributed by atoms with E-state index < -0.39 is 0 Å². The molecule has 0 spiro atoms. The number of guanidine groups is 1. The summed E-state index contributed by atoms with van der Waals surface area (Å²) < 4.78 is 5.45. The van der Waals surface area contributed by atoms with Gasteiger partial charge < -0.3 is 15.0 Å². The number of nitrogens with one attached hydrogen (secondary N) is 1. The van der Waals surface area contributed by atoms with E-state index in [0.29, 0.717) is 6.54 Å². The van der Waals surface area contributed by atoms with Gasteiger partial charge in [-0.05, 0) is 25.7 Å². The second-order valence-corrected chi connectivity index (χ2v) is 7.71. The van der Waals surface area contributed by atoms with E-state index in [9.17, 15) is 0 Å². The Balaban J connectivity index is 0.00000243. The van der Waals surface area contributed by atoms with Crippen LogP contribution < -0.4 is 5.32 Å². The van der Waals surface area contributed by atoms with Crippen LogP contribution in [0.4, 0.5) is 0 Å². The topological polar surface area (TPSA) is 53.0 Å². The van der Waals surface area contributed by atoms with E-state index in [1.54, 1.807) is 11.3 Å². The van der Waals surface area contributed by atoms with Crippen LogP contribution in [-0.2, 0) is 17.7 Å². The number of hydrogen-bond donors (Lipinski definition) is 1. The number of nitrogens with zero attached hydrogens (tertiary/aromatic N) is 4. The highest BCUT2D eigenvalue weighted by Gasteiger charge is 2.27. The van der Waals surface area contributed by atoms with E-state index in [4.69, 9.17) is 9.73 Å². The van der Waals surface area contributed by atoms with Gasteiger partial charge in [-0.2, -0.15) is 0 Å². The summed E-state index contributed by atoms with van der Waals surface area (Å²) in [7, 11) is 0. The van der Waals surface area contributed by atoms with Crippen molar-refractivity contribution in [3.8, 4) is 0 Å². The van der Waals surface area contributed by atoms with Crippen LogP contribution in [0.5, 0.6) is 0 Å². The molecule has 0 radical (unpaired) electrons. The Bertz CT molecular complexity index is 562. The monoisotopic (exact) mass is 493 g/mol. The first-order valence-electron chi connectivity index (χ1n) is 9.55. The number of thiazole rings is 1. The van der Waals surface area contributed by atoms with Gasteiger partial charge in [0.1, 0.15) is 0 Å². The number of ether oxygens (including phenoxy) is 1. The van der Waals surface area contributed by atoms with Crippen LogP contribution in [0.2, 0.25) is 0 Å². The minimum Gasteiger partial charge on any atom is -0.379 e. The van der Waals surface area contributed by atoms with Crippen LogP contribution >= 0.6 is 35.3 Å². The number of rotatable bonds is 6. The molecule has 1 aromatic heterocycles. The lowest BCUT2D eigenvalue weighted by molar-refractivity contribution is 0.0315. The van der Waals surface area contributed by atoms with Crippen molar-refractivity contribution >= 4 is 41.3 Å². The van der Waals surface area contributed by atoms with Gasteiger partial charge in [0.15, 0.2) is 5.96 Å². The van der Waals surface area contributed by atoms with Crippen molar-refractivity contribution in [2.45, 2.75) is 33.2 Å². The number of halogens is 1. The fourth-order valence-corrected chi connectivity index (χ4v) is 4.22. The molecule has 2 aliphatic rings. The SMILES string of the molecule is CCNC(=NCc1csc(CC)n1)N1CCC(CN2CCOCC2)C1.I. The lowest BCUT2D eigenvalue weighted by atomic mass is 10.1. The lowest BCUT2D eigenvalue weighted by Gasteiger charge is -2.29. The molecule has 1 N–H and O–H groups in total. The predicted octanol–water partition coefficient (Wildman–Crippen LogP) is 2.44. The fraction of sp³-hybridized carbons (Fsp3) is 0.778. The van der Waals surface area contributed by atoms with Crippen molar-refractivity contribution in [3.63, 3.8) is 0 Å². The van der Waals surface area contributed by atoms with Crippen LogP contribution in [0.25, 0.3) is 0 Å². The highest BCUT2D eigenvalue weighted by atomic mass is 127. The van der Waals surface area contributed by atoms with Gasteiger partial charge in [0, 0.05) is 44.6 Å². The molecule has 1 aromatic rings. The average Bonchev–Trinajstić information content (AvgIpc) is 3.29. The first-order valence-corrected chi connectivity index (χ1v) is 10.4. The van der Waals surface area contributed by atoms with E-state index in [0.717, 1.165) is 69.9 Å². The summed E-state index contributed by atoms with van der Waals surface area (Å²) in [6.45, 7) is 13.2. The predicted molar refractivity (Wildman–Crippen MR) is 119 cm³/mol. The van der Waals surface area contributed by atoms with E-state index in [1.807, 2.05) is 0 Å². The Morgan fingerprint density at radius 2 is 2.15 bits per heavy atom. The highest BCUT2D eigenvalue weighted by Crippen LogP contribution is 2.19. The normalized spacial score (nSPS) is 21.7. The van der Waals surface area contributed by atoms with Crippen molar-refractivity contribution in [2.75, 3.05) is 52.5 Å². The molecule has 2 saturated heterocycles. The van der Waals surface area contributed by atoms with Gasteiger partial charge in [-0.25, -0.2) is 9.98 Å². The third-order valence-electron chi connectivity index (χ3n) is 4.83. The molecule has 2 aliphatic heterocycles. The molecule has 0 bridgehead atoms. The minimum atomic E-state index is 0. The van der Waals surface area contributed by atoms with Gasteiger partial charge in [-0.1, -0.05) is 6.92 Å². The zero-order valence-electron chi connectivity index (χ0n) is 15.9. The van der Waals surface area contributed by atoms with Crippen LogP contribution in [0.3, 0.4) is 0 Å². The molecule has 0 saturated carbocycles. The first kappa shape index (κ1) is 21.8. The van der Waals surface area contributed by atoms with Gasteiger partial charge in [-0.3, -0.25) is 4.90 Å². The zero-order valence-corrected chi connectivity index (χ0v) is 19.1. The molecule has 8 heteroatoms. The number of likely N-dealkylation sites (tertiary alicyclic amines) is 1. The van der Waals surface area contributed by atoms with Crippen LogP contribution in [0.1, 0.15) is 31.0 Å². The summed E-state index contributed by atoms with van der Waals surface area (Å²) in [6.07, 6.45) is 2.25. The quantitative estimate of drug-likeness (QED) is 0.375. The number of aromatic nitrogens is 1. The number of aryl methyl sites for hydroxylation is 1. The summed E-state index contributed by atoms with van der Waals surface area (Å²) in [5, 5.41) is 6.79. The molecular formula is C18H32IN5OS. The van der Waals surface area contributed by atoms with Gasteiger partial charge in [0.05, 0.1) is 30.5 Å². The number of morpholine rings is 1. The van der Waals surface area contributed by atoms with Crippen molar-refractivity contribution in [2.24, 2.45) is 10.9 Å². The van der Waals surface area contributed by atoms with Crippen LogP contribution in [-0.4, -0.2) is 73.2 Å². The maximum absolute atomic E-state index is 5.45. The molecule has 0 aliphatic carbocycles. The largest absolute Gasteiger partial charge is 0.379 e. The molecule has 3 rings (SSSR count). The van der Waals surface area contributed by atoms with Gasteiger partial charge >= 0.3 is 0 Å². The maximum Gasteiger partial charge on any atom is 0.194 e. The molecule has 0 aromatic carbocycles. The van der Waals surface area contributed by atoms with E-state index in [2.05, 4.69) is 39.3 Å². The summed E-state index contributed by atoms with van der Waals surface area (Å²) >= 11 is 1.74. The average molecular weight is 493 g/mol. The zero-order chi connectivity index (χ0) is 17.5. The van der Waals surface area contributed by atoms with E-state index in [-0.39, 0.29) is 24.0 Å². The van der Waals surface area contributed by atoms with E-state index >= 15 is 0 Å². The molecule has 6 nitrogen and oxygen atoms in total. The maximum atomic E-state index is 5.45. The van der Waals surface area contributed by atoms with Crippen molar-refractivity contribution < 1.29 is 4.74 Å². The van der Waals surface area contributed by atoms with Crippen molar-refractivity contribution in [1.82, 2.24) is 20.1 Å². The molecule has 3 heterocycles. The Kier molecular flexibility index (Phi) is 9.58. The highest BCUT2D eigenvalue weighted by molar-refractivity contribution is 14.0. The van der Waals surface area contributed by atoms with Crippen LogP contribution in [0.15, 0.2) is 10.4 Å². The Morgan fingerprint density at radius 1 is 1.35 bits per heavy atom. The Hall–Kier alpha value is -0.450. The fourth-order valence-electron chi connectivity index (χ4n) is 3.49.